The summed E-state index contributed by atoms with van der Waals surface area (Å²) in [6.45, 7) is 2.06. The molecular weight excluding hydrogens is 412 g/mol. The second-order valence-corrected chi connectivity index (χ2v) is 9.90. The minimum absolute atomic E-state index is 0.242. The number of thiazole rings is 1. The quantitative estimate of drug-likeness (QED) is 0.368. The second-order valence-electron chi connectivity index (χ2n) is 7.18. The minimum Gasteiger partial charge on any atom is -0.280 e. The molecule has 1 aromatic heterocycles. The Hall–Kier alpha value is -3.22. The van der Waals surface area contributed by atoms with E-state index in [0.717, 1.165) is 31.6 Å². The van der Waals surface area contributed by atoms with Crippen LogP contribution in [-0.2, 0) is 10.0 Å². The Kier molecular flexibility index (Phi) is 4.53. The van der Waals surface area contributed by atoms with Gasteiger partial charge in [0.2, 0.25) is 0 Å². The van der Waals surface area contributed by atoms with Gasteiger partial charge in [0.25, 0.3) is 10.0 Å². The first kappa shape index (κ1) is 18.8. The number of benzene rings is 4. The van der Waals surface area contributed by atoms with Crippen molar-refractivity contribution in [3.63, 3.8) is 0 Å². The fourth-order valence-electron chi connectivity index (χ4n) is 3.38. The zero-order valence-corrected chi connectivity index (χ0v) is 17.8. The van der Waals surface area contributed by atoms with Crippen LogP contribution in [0.25, 0.3) is 31.6 Å². The second kappa shape index (κ2) is 7.23. The van der Waals surface area contributed by atoms with Crippen LogP contribution < -0.4 is 4.72 Å². The van der Waals surface area contributed by atoms with Gasteiger partial charge in [-0.1, -0.05) is 36.4 Å². The maximum absolute atomic E-state index is 12.8. The lowest BCUT2D eigenvalue weighted by molar-refractivity contribution is 0.601. The minimum atomic E-state index is -3.67. The monoisotopic (exact) mass is 430 g/mol. The van der Waals surface area contributed by atoms with E-state index in [1.54, 1.807) is 35.6 Å². The third-order valence-electron chi connectivity index (χ3n) is 4.96. The number of nitrogens with one attached hydrogen (secondary N) is 1. The number of aromatic nitrogens is 1. The largest absolute Gasteiger partial charge is 0.280 e. The van der Waals surface area contributed by atoms with Crippen molar-refractivity contribution in [2.75, 3.05) is 4.72 Å². The lowest BCUT2D eigenvalue weighted by Crippen LogP contribution is -2.12. The smallest absolute Gasteiger partial charge is 0.261 e. The number of rotatable bonds is 4. The average molecular weight is 431 g/mol. The molecule has 4 aromatic carbocycles. The molecule has 0 amide bonds. The molecule has 0 atom stereocenters. The summed E-state index contributed by atoms with van der Waals surface area (Å²) in [5.41, 5.74) is 3.66. The Morgan fingerprint density at radius 1 is 0.833 bits per heavy atom. The van der Waals surface area contributed by atoms with E-state index in [4.69, 9.17) is 0 Å². The SMILES string of the molecule is Cc1ccc2nc(-c3ccc(NS(=O)(=O)c4ccc5ccccc5c4)cc3)sc2c1. The molecule has 0 spiro atoms. The number of fused-ring (bicyclic) bond motifs is 2. The van der Waals surface area contributed by atoms with Crippen molar-refractivity contribution in [1.82, 2.24) is 4.98 Å². The number of hydrogen-bond donors (Lipinski definition) is 1. The van der Waals surface area contributed by atoms with Gasteiger partial charge >= 0.3 is 0 Å². The normalized spacial score (nSPS) is 11.8. The molecule has 1 N–H and O–H groups in total. The van der Waals surface area contributed by atoms with Crippen molar-refractivity contribution in [3.8, 4) is 10.6 Å². The summed E-state index contributed by atoms with van der Waals surface area (Å²) in [6, 6.07) is 26.4. The summed E-state index contributed by atoms with van der Waals surface area (Å²) in [4.78, 5) is 4.93. The molecule has 5 rings (SSSR count). The van der Waals surface area contributed by atoms with Gasteiger partial charge in [0.1, 0.15) is 5.01 Å². The van der Waals surface area contributed by atoms with Crippen LogP contribution >= 0.6 is 11.3 Å². The predicted molar refractivity (Wildman–Crippen MR) is 125 cm³/mol. The van der Waals surface area contributed by atoms with Gasteiger partial charge in [-0.25, -0.2) is 13.4 Å². The maximum atomic E-state index is 12.8. The zero-order valence-electron chi connectivity index (χ0n) is 16.2. The van der Waals surface area contributed by atoms with Gasteiger partial charge in [0.15, 0.2) is 0 Å². The molecule has 6 heteroatoms. The third kappa shape index (κ3) is 3.56. The Balaban J connectivity index is 1.41. The van der Waals surface area contributed by atoms with E-state index in [1.165, 1.54) is 5.56 Å². The first-order chi connectivity index (χ1) is 14.5. The zero-order chi connectivity index (χ0) is 20.7. The van der Waals surface area contributed by atoms with Gasteiger partial charge in [-0.2, -0.15) is 0 Å². The molecule has 0 aliphatic heterocycles. The van der Waals surface area contributed by atoms with Gasteiger partial charge in [-0.3, -0.25) is 4.72 Å². The highest BCUT2D eigenvalue weighted by Gasteiger charge is 2.15. The van der Waals surface area contributed by atoms with E-state index < -0.39 is 10.0 Å². The van der Waals surface area contributed by atoms with Crippen LogP contribution in [0.15, 0.2) is 89.8 Å². The number of aryl methyl sites for hydroxylation is 1. The van der Waals surface area contributed by atoms with Crippen LogP contribution in [-0.4, -0.2) is 13.4 Å². The highest BCUT2D eigenvalue weighted by atomic mass is 32.2. The van der Waals surface area contributed by atoms with E-state index in [1.807, 2.05) is 48.5 Å². The lowest BCUT2D eigenvalue weighted by atomic mass is 10.1. The summed E-state index contributed by atoms with van der Waals surface area (Å²) >= 11 is 1.63. The van der Waals surface area contributed by atoms with Gasteiger partial charge in [0, 0.05) is 11.3 Å². The predicted octanol–water partition coefficient (Wildman–Crippen LogP) is 6.23. The Morgan fingerprint density at radius 3 is 2.40 bits per heavy atom. The summed E-state index contributed by atoms with van der Waals surface area (Å²) < 4.78 is 29.5. The molecule has 0 saturated heterocycles. The van der Waals surface area contributed by atoms with E-state index in [-0.39, 0.29) is 4.90 Å². The summed E-state index contributed by atoms with van der Waals surface area (Å²) in [6.07, 6.45) is 0. The maximum Gasteiger partial charge on any atom is 0.261 e. The molecule has 0 saturated carbocycles. The first-order valence-corrected chi connectivity index (χ1v) is 11.8. The van der Waals surface area contributed by atoms with Crippen LogP contribution in [0.1, 0.15) is 5.56 Å². The molecule has 0 unspecified atom stereocenters. The van der Waals surface area contributed by atoms with E-state index in [9.17, 15) is 8.42 Å². The fraction of sp³-hybridized carbons (Fsp3) is 0.0417. The van der Waals surface area contributed by atoms with Crippen LogP contribution in [0.2, 0.25) is 0 Å². The summed E-state index contributed by atoms with van der Waals surface area (Å²) in [5, 5.41) is 2.81. The number of anilines is 1. The van der Waals surface area contributed by atoms with Crippen molar-refractivity contribution in [3.05, 3.63) is 90.5 Å². The van der Waals surface area contributed by atoms with Crippen molar-refractivity contribution in [2.24, 2.45) is 0 Å². The molecule has 0 aliphatic carbocycles. The standard InChI is InChI=1S/C24H18N2O2S2/c1-16-6-13-22-23(14-16)29-24(25-22)18-7-10-20(11-8-18)26-30(27,28)21-12-9-17-4-2-3-5-19(17)15-21/h2-15,26H,1H3. The van der Waals surface area contributed by atoms with Gasteiger partial charge in [0.05, 0.1) is 15.1 Å². The number of hydrogen-bond acceptors (Lipinski definition) is 4. The summed E-state index contributed by atoms with van der Waals surface area (Å²) in [5.74, 6) is 0. The Labute approximate surface area is 178 Å². The van der Waals surface area contributed by atoms with Crippen LogP contribution in [0.5, 0.6) is 0 Å². The molecule has 0 radical (unpaired) electrons. The third-order valence-corrected chi connectivity index (χ3v) is 7.41. The molecule has 0 aliphatic rings. The van der Waals surface area contributed by atoms with Crippen molar-refractivity contribution in [1.29, 1.82) is 0 Å². The van der Waals surface area contributed by atoms with Crippen molar-refractivity contribution < 1.29 is 8.42 Å². The van der Waals surface area contributed by atoms with E-state index in [2.05, 4.69) is 28.8 Å². The molecule has 1 heterocycles. The molecule has 4 nitrogen and oxygen atoms in total. The molecule has 0 bridgehead atoms. The Morgan fingerprint density at radius 2 is 1.60 bits per heavy atom. The van der Waals surface area contributed by atoms with Crippen LogP contribution in [0, 0.1) is 6.92 Å². The summed E-state index contributed by atoms with van der Waals surface area (Å²) in [7, 11) is -3.67. The average Bonchev–Trinajstić information content (AvgIpc) is 3.17. The van der Waals surface area contributed by atoms with Crippen molar-refractivity contribution in [2.45, 2.75) is 11.8 Å². The molecule has 148 valence electrons. The fourth-order valence-corrected chi connectivity index (χ4v) is 5.55. The molecule has 0 fully saturated rings. The molecule has 5 aromatic rings. The van der Waals surface area contributed by atoms with Gasteiger partial charge in [-0.15, -0.1) is 11.3 Å². The van der Waals surface area contributed by atoms with Gasteiger partial charge < -0.3 is 0 Å². The lowest BCUT2D eigenvalue weighted by Gasteiger charge is -2.09. The van der Waals surface area contributed by atoms with E-state index in [0.29, 0.717) is 5.69 Å². The number of sulfonamides is 1. The van der Waals surface area contributed by atoms with Crippen molar-refractivity contribution >= 4 is 48.0 Å². The Bertz CT molecular complexity index is 1490. The number of nitrogens with zero attached hydrogens (tertiary/aromatic N) is 1. The first-order valence-electron chi connectivity index (χ1n) is 9.47. The van der Waals surface area contributed by atoms with Gasteiger partial charge in [-0.05, 0) is 71.8 Å². The molecular formula is C24H18N2O2S2. The van der Waals surface area contributed by atoms with Crippen LogP contribution in [0.3, 0.4) is 0 Å². The molecule has 30 heavy (non-hydrogen) atoms. The van der Waals surface area contributed by atoms with Crippen LogP contribution in [0.4, 0.5) is 5.69 Å². The highest BCUT2D eigenvalue weighted by Crippen LogP contribution is 2.31. The highest BCUT2D eigenvalue weighted by molar-refractivity contribution is 7.92. The van der Waals surface area contributed by atoms with E-state index >= 15 is 0 Å². The topological polar surface area (TPSA) is 59.1 Å².